The molecule has 0 aliphatic carbocycles. The van der Waals surface area contributed by atoms with Crippen LogP contribution in [0, 0.1) is 0 Å². The highest BCUT2D eigenvalue weighted by Crippen LogP contribution is 2.20. The van der Waals surface area contributed by atoms with Crippen molar-refractivity contribution in [2.45, 2.75) is 64.5 Å². The zero-order valence-electron chi connectivity index (χ0n) is 13.2. The summed E-state index contributed by atoms with van der Waals surface area (Å²) in [5.74, 6) is 0. The summed E-state index contributed by atoms with van der Waals surface area (Å²) in [5.41, 5.74) is -0.193. The Morgan fingerprint density at radius 3 is 2.35 bits per heavy atom. The quantitative estimate of drug-likeness (QED) is 0.271. The van der Waals surface area contributed by atoms with Gasteiger partial charge in [0, 0.05) is 18.7 Å². The Balaban J connectivity index is 3.72. The molecule has 120 valence electrons. The number of ether oxygens (including phenoxy) is 2. The van der Waals surface area contributed by atoms with Crippen LogP contribution < -0.4 is 0 Å². The molecule has 0 radical (unpaired) electrons. The molecule has 20 heavy (non-hydrogen) atoms. The molecule has 0 bridgehead atoms. The van der Waals surface area contributed by atoms with Crippen molar-refractivity contribution in [1.82, 2.24) is 0 Å². The maximum Gasteiger partial charge on any atom is 0.176 e. The van der Waals surface area contributed by atoms with E-state index in [0.717, 1.165) is 19.2 Å². The molecule has 0 fully saturated rings. The number of aliphatic hydroxyl groups excluding tert-OH is 3. The van der Waals surface area contributed by atoms with Crippen molar-refractivity contribution in [2.75, 3.05) is 26.4 Å². The number of aliphatic hydroxyl groups is 3. The summed E-state index contributed by atoms with van der Waals surface area (Å²) >= 11 is 0. The molecule has 0 spiro atoms. The fourth-order valence-corrected chi connectivity index (χ4v) is 1.93. The van der Waals surface area contributed by atoms with E-state index in [4.69, 9.17) is 19.7 Å². The van der Waals surface area contributed by atoms with Crippen molar-refractivity contribution in [1.29, 1.82) is 0 Å². The predicted octanol–water partition coefficient (Wildman–Crippen LogP) is 1.33. The molecule has 0 saturated carbocycles. The van der Waals surface area contributed by atoms with Gasteiger partial charge in [0.15, 0.2) is 13.0 Å². The van der Waals surface area contributed by atoms with Crippen LogP contribution in [0.3, 0.4) is 0 Å². The fourth-order valence-electron chi connectivity index (χ4n) is 1.93. The molecule has 5 nitrogen and oxygen atoms in total. The summed E-state index contributed by atoms with van der Waals surface area (Å²) in [6.07, 6.45) is 3.42. The van der Waals surface area contributed by atoms with Gasteiger partial charge in [0.1, 0.15) is 0 Å². The van der Waals surface area contributed by atoms with Gasteiger partial charge in [0.25, 0.3) is 0 Å². The molecule has 1 unspecified atom stereocenters. The van der Waals surface area contributed by atoms with E-state index in [2.05, 4.69) is 20.7 Å². The van der Waals surface area contributed by atoms with Gasteiger partial charge >= 0.3 is 0 Å². The van der Waals surface area contributed by atoms with E-state index < -0.39 is 6.29 Å². The smallest absolute Gasteiger partial charge is 0.176 e. The van der Waals surface area contributed by atoms with Crippen LogP contribution in [0.2, 0.25) is 13.1 Å². The van der Waals surface area contributed by atoms with E-state index in [1.165, 1.54) is 0 Å². The highest BCUT2D eigenvalue weighted by molar-refractivity contribution is 6.60. The van der Waals surface area contributed by atoms with Crippen molar-refractivity contribution in [2.24, 2.45) is 0 Å². The lowest BCUT2D eigenvalue weighted by Crippen LogP contribution is -2.41. The molecule has 0 aromatic heterocycles. The van der Waals surface area contributed by atoms with Crippen LogP contribution in [-0.2, 0) is 9.47 Å². The third-order valence-electron chi connectivity index (χ3n) is 3.70. The van der Waals surface area contributed by atoms with Crippen molar-refractivity contribution in [3.63, 3.8) is 0 Å². The summed E-state index contributed by atoms with van der Waals surface area (Å²) in [6, 6.07) is 0. The van der Waals surface area contributed by atoms with Crippen molar-refractivity contribution in [3.8, 4) is 0 Å². The summed E-state index contributed by atoms with van der Waals surface area (Å²) in [4.78, 5) is 0. The Morgan fingerprint density at radius 2 is 1.75 bits per heavy atom. The van der Waals surface area contributed by atoms with Gasteiger partial charge in [0.2, 0.25) is 0 Å². The number of unbranched alkanes of at least 4 members (excludes halogenated alkanes) is 1. The van der Waals surface area contributed by atoms with Gasteiger partial charge in [-0.15, -0.1) is 0 Å². The molecule has 0 heterocycles. The van der Waals surface area contributed by atoms with E-state index in [9.17, 15) is 5.11 Å². The van der Waals surface area contributed by atoms with Crippen molar-refractivity contribution >= 4 is 6.71 Å². The third-order valence-corrected chi connectivity index (χ3v) is 3.70. The Labute approximate surface area is 123 Å². The standard InChI is InChI=1S/C14H31BO5/c1-14(2,20-11-6-9-16)15(3)8-5-4-7-13(18)19-12-10-17/h13,16-18H,4-12H2,1-3H3. The van der Waals surface area contributed by atoms with Gasteiger partial charge in [0.05, 0.1) is 13.2 Å². The second kappa shape index (κ2) is 11.5. The zero-order valence-corrected chi connectivity index (χ0v) is 13.2. The average Bonchev–Trinajstić information content (AvgIpc) is 2.41. The molecule has 1 atom stereocenters. The van der Waals surface area contributed by atoms with Crippen LogP contribution in [-0.4, -0.2) is 60.3 Å². The first-order valence-electron chi connectivity index (χ1n) is 7.59. The fraction of sp³-hybridized carbons (Fsp3) is 1.00. The summed E-state index contributed by atoms with van der Waals surface area (Å²) in [6.45, 7) is 7.60. The third kappa shape index (κ3) is 9.72. The SMILES string of the molecule is CB(CCCCC(O)OCCO)C(C)(C)OCCCO. The normalized spacial score (nSPS) is 13.5. The summed E-state index contributed by atoms with van der Waals surface area (Å²) in [5, 5.41) is 26.8. The maximum absolute atomic E-state index is 9.47. The molecule has 0 saturated heterocycles. The first-order valence-corrected chi connectivity index (χ1v) is 7.59. The van der Waals surface area contributed by atoms with Gasteiger partial charge in [-0.25, -0.2) is 0 Å². The Hall–Kier alpha value is -0.135. The predicted molar refractivity (Wildman–Crippen MR) is 81.1 cm³/mol. The monoisotopic (exact) mass is 290 g/mol. The Bertz CT molecular complexity index is 226. The highest BCUT2D eigenvalue weighted by atomic mass is 16.6. The van der Waals surface area contributed by atoms with Crippen LogP contribution in [0.15, 0.2) is 0 Å². The maximum atomic E-state index is 9.47. The van der Waals surface area contributed by atoms with E-state index in [-0.39, 0.29) is 25.3 Å². The van der Waals surface area contributed by atoms with E-state index in [0.29, 0.717) is 26.2 Å². The zero-order chi connectivity index (χ0) is 15.4. The molecular formula is C14H31BO5. The minimum absolute atomic E-state index is 0.0620. The van der Waals surface area contributed by atoms with Crippen molar-refractivity contribution in [3.05, 3.63) is 0 Å². The van der Waals surface area contributed by atoms with Crippen LogP contribution in [0.25, 0.3) is 0 Å². The van der Waals surface area contributed by atoms with E-state index in [1.54, 1.807) is 0 Å². The molecule has 0 aliphatic rings. The van der Waals surface area contributed by atoms with E-state index >= 15 is 0 Å². The lowest BCUT2D eigenvalue weighted by Gasteiger charge is -2.30. The first kappa shape index (κ1) is 19.9. The lowest BCUT2D eigenvalue weighted by atomic mass is 9.38. The van der Waals surface area contributed by atoms with Crippen LogP contribution in [0.1, 0.15) is 39.5 Å². The molecule has 0 aromatic carbocycles. The van der Waals surface area contributed by atoms with Gasteiger partial charge in [-0.05, 0) is 33.1 Å². The topological polar surface area (TPSA) is 79.2 Å². The largest absolute Gasteiger partial charge is 0.396 e. The van der Waals surface area contributed by atoms with Gasteiger partial charge in [-0.3, -0.25) is 0 Å². The minimum Gasteiger partial charge on any atom is -0.396 e. The second-order valence-electron chi connectivity index (χ2n) is 5.76. The van der Waals surface area contributed by atoms with E-state index in [1.807, 2.05) is 0 Å². The van der Waals surface area contributed by atoms with Crippen LogP contribution >= 0.6 is 0 Å². The molecular weight excluding hydrogens is 259 g/mol. The number of hydrogen-bond acceptors (Lipinski definition) is 5. The van der Waals surface area contributed by atoms with Crippen LogP contribution in [0.4, 0.5) is 0 Å². The summed E-state index contributed by atoms with van der Waals surface area (Å²) < 4.78 is 10.8. The number of rotatable bonds is 13. The van der Waals surface area contributed by atoms with Crippen molar-refractivity contribution < 1.29 is 24.8 Å². The van der Waals surface area contributed by atoms with Gasteiger partial charge in [-0.2, -0.15) is 0 Å². The highest BCUT2D eigenvalue weighted by Gasteiger charge is 2.29. The molecule has 3 N–H and O–H groups in total. The molecule has 0 rings (SSSR count). The first-order chi connectivity index (χ1) is 9.44. The summed E-state index contributed by atoms with van der Waals surface area (Å²) in [7, 11) is 0. The average molecular weight is 290 g/mol. The Morgan fingerprint density at radius 1 is 1.05 bits per heavy atom. The minimum atomic E-state index is -0.772. The van der Waals surface area contributed by atoms with Crippen LogP contribution in [0.5, 0.6) is 0 Å². The molecule has 0 amide bonds. The lowest BCUT2D eigenvalue weighted by molar-refractivity contribution is -0.111. The second-order valence-corrected chi connectivity index (χ2v) is 5.76. The molecule has 0 aliphatic heterocycles. The Kier molecular flexibility index (Phi) is 11.4. The van der Waals surface area contributed by atoms with Gasteiger partial charge in [-0.1, -0.05) is 19.6 Å². The van der Waals surface area contributed by atoms with Gasteiger partial charge < -0.3 is 24.8 Å². The molecule has 0 aromatic rings. The number of hydrogen-bond donors (Lipinski definition) is 3. The molecule has 6 heteroatoms.